The Balaban J connectivity index is 1.72. The van der Waals surface area contributed by atoms with Gasteiger partial charge >= 0.3 is 5.97 Å². The average Bonchev–Trinajstić information content (AvgIpc) is 3.25. The minimum atomic E-state index is -0.312. The molecule has 0 unspecified atom stereocenters. The Hall–Kier alpha value is -1.62. The summed E-state index contributed by atoms with van der Waals surface area (Å²) < 4.78 is 5.17. The van der Waals surface area contributed by atoms with Crippen LogP contribution in [0.2, 0.25) is 0 Å². The number of thiophene rings is 1. The van der Waals surface area contributed by atoms with Crippen molar-refractivity contribution in [1.29, 1.82) is 0 Å². The molecule has 2 fully saturated rings. The maximum absolute atomic E-state index is 13.9. The zero-order valence-electron chi connectivity index (χ0n) is 19.2. The van der Waals surface area contributed by atoms with E-state index in [2.05, 4.69) is 24.0 Å². The van der Waals surface area contributed by atoms with Gasteiger partial charge in [-0.25, -0.2) is 4.79 Å². The number of amides is 1. The van der Waals surface area contributed by atoms with E-state index < -0.39 is 0 Å². The molecule has 0 aliphatic heterocycles. The molecule has 2 saturated carbocycles. The molecule has 1 aromatic rings. The van der Waals surface area contributed by atoms with Crippen molar-refractivity contribution in [3.8, 4) is 0 Å². The van der Waals surface area contributed by atoms with Gasteiger partial charge in [0.15, 0.2) is 0 Å². The molecule has 0 saturated heterocycles. The number of methoxy groups -OCH3 is 1. The van der Waals surface area contributed by atoms with Crippen LogP contribution in [0.4, 0.5) is 5.69 Å². The van der Waals surface area contributed by atoms with Crippen molar-refractivity contribution in [2.45, 2.75) is 96.4 Å². The topological polar surface area (TPSA) is 46.6 Å². The molecular formula is C26H37NO3S. The number of hydrogen-bond donors (Lipinski definition) is 0. The van der Waals surface area contributed by atoms with Crippen LogP contribution in [0.15, 0.2) is 12.1 Å². The fourth-order valence-corrected chi connectivity index (χ4v) is 6.69. The van der Waals surface area contributed by atoms with E-state index in [0.717, 1.165) is 74.8 Å². The predicted octanol–water partition coefficient (Wildman–Crippen LogP) is 6.98. The molecule has 5 heteroatoms. The highest BCUT2D eigenvalue weighted by molar-refractivity contribution is 7.15. The number of esters is 1. The van der Waals surface area contributed by atoms with Gasteiger partial charge in [-0.1, -0.05) is 32.3 Å². The van der Waals surface area contributed by atoms with Crippen molar-refractivity contribution in [3.05, 3.63) is 21.9 Å². The third-order valence-corrected chi connectivity index (χ3v) is 8.67. The summed E-state index contributed by atoms with van der Waals surface area (Å²) in [6.45, 7) is 2.29. The summed E-state index contributed by atoms with van der Waals surface area (Å²) in [4.78, 5) is 30.5. The summed E-state index contributed by atoms with van der Waals surface area (Å²) in [6, 6.07) is 2.33. The Morgan fingerprint density at radius 1 is 1.00 bits per heavy atom. The van der Waals surface area contributed by atoms with Crippen LogP contribution in [0, 0.1) is 11.8 Å². The Morgan fingerprint density at radius 3 is 2.39 bits per heavy atom. The number of hydrogen-bond acceptors (Lipinski definition) is 4. The minimum absolute atomic E-state index is 0.0841. The molecule has 1 aromatic heterocycles. The van der Waals surface area contributed by atoms with Gasteiger partial charge < -0.3 is 9.64 Å². The van der Waals surface area contributed by atoms with E-state index in [1.165, 1.54) is 43.3 Å². The lowest BCUT2D eigenvalue weighted by molar-refractivity contribution is -0.124. The van der Waals surface area contributed by atoms with Crippen LogP contribution in [0.3, 0.4) is 0 Å². The van der Waals surface area contributed by atoms with Crippen molar-refractivity contribution in [2.75, 3.05) is 12.0 Å². The number of rotatable bonds is 5. The maximum Gasteiger partial charge on any atom is 0.350 e. The van der Waals surface area contributed by atoms with Gasteiger partial charge in [0.25, 0.3) is 0 Å². The van der Waals surface area contributed by atoms with Crippen molar-refractivity contribution in [2.24, 2.45) is 11.8 Å². The van der Waals surface area contributed by atoms with Crippen LogP contribution in [0.25, 0.3) is 5.57 Å². The number of allylic oxidation sites excluding steroid dienone is 2. The van der Waals surface area contributed by atoms with Crippen LogP contribution >= 0.6 is 11.3 Å². The zero-order valence-corrected chi connectivity index (χ0v) is 20.0. The van der Waals surface area contributed by atoms with Crippen LogP contribution in [0.5, 0.6) is 0 Å². The van der Waals surface area contributed by atoms with Gasteiger partial charge in [0.1, 0.15) is 4.88 Å². The van der Waals surface area contributed by atoms with E-state index in [1.807, 2.05) is 0 Å². The smallest absolute Gasteiger partial charge is 0.350 e. The van der Waals surface area contributed by atoms with E-state index in [-0.39, 0.29) is 23.8 Å². The maximum atomic E-state index is 13.9. The Kier molecular flexibility index (Phi) is 7.52. The van der Waals surface area contributed by atoms with E-state index in [0.29, 0.717) is 10.8 Å². The number of anilines is 1. The Morgan fingerprint density at radius 2 is 1.74 bits per heavy atom. The van der Waals surface area contributed by atoms with Crippen molar-refractivity contribution in [3.63, 3.8) is 0 Å². The van der Waals surface area contributed by atoms with E-state index >= 15 is 0 Å². The molecule has 4 nitrogen and oxygen atoms in total. The average molecular weight is 444 g/mol. The lowest BCUT2D eigenvalue weighted by atomic mass is 9.81. The second kappa shape index (κ2) is 10.3. The molecular weight excluding hydrogens is 406 g/mol. The Labute approximate surface area is 191 Å². The highest BCUT2D eigenvalue weighted by atomic mass is 32.1. The third kappa shape index (κ3) is 5.08. The monoisotopic (exact) mass is 443 g/mol. The lowest BCUT2D eigenvalue weighted by Gasteiger charge is -2.38. The van der Waals surface area contributed by atoms with Crippen LogP contribution in [0.1, 0.15) is 105 Å². The molecule has 0 atom stereocenters. The second-order valence-electron chi connectivity index (χ2n) is 9.75. The molecule has 0 radical (unpaired) electrons. The summed E-state index contributed by atoms with van der Waals surface area (Å²) in [5, 5.41) is 0. The fourth-order valence-electron chi connectivity index (χ4n) is 5.56. The summed E-state index contributed by atoms with van der Waals surface area (Å²) in [5.74, 6) is 0.726. The van der Waals surface area contributed by atoms with Crippen LogP contribution in [-0.2, 0) is 9.53 Å². The first-order chi connectivity index (χ1) is 15.1. The SMILES string of the molecule is COC(=O)c1sc(C2=CCCCC2)cc1N(C(=O)C1CCC(C)CC1)C1CCCCC1. The fraction of sp³-hybridized carbons (Fsp3) is 0.692. The first-order valence-corrected chi connectivity index (χ1v) is 13.1. The molecule has 0 spiro atoms. The van der Waals surface area contributed by atoms with E-state index in [1.54, 1.807) is 0 Å². The molecule has 3 aliphatic rings. The molecule has 170 valence electrons. The van der Waals surface area contributed by atoms with Crippen molar-refractivity contribution in [1.82, 2.24) is 0 Å². The highest BCUT2D eigenvalue weighted by Crippen LogP contribution is 2.42. The molecule has 4 rings (SSSR count). The normalized spacial score (nSPS) is 25.0. The van der Waals surface area contributed by atoms with Gasteiger partial charge in [-0.15, -0.1) is 11.3 Å². The first kappa shape index (κ1) is 22.6. The molecule has 1 heterocycles. The molecule has 0 N–H and O–H groups in total. The number of nitrogens with zero attached hydrogens (tertiary/aromatic N) is 1. The van der Waals surface area contributed by atoms with Crippen molar-refractivity contribution >= 4 is 34.5 Å². The van der Waals surface area contributed by atoms with Gasteiger partial charge in [-0.05, 0) is 81.8 Å². The zero-order chi connectivity index (χ0) is 21.8. The van der Waals surface area contributed by atoms with E-state index in [4.69, 9.17) is 4.74 Å². The first-order valence-electron chi connectivity index (χ1n) is 12.3. The molecule has 0 aromatic carbocycles. The second-order valence-corrected chi connectivity index (χ2v) is 10.8. The molecule has 31 heavy (non-hydrogen) atoms. The van der Waals surface area contributed by atoms with Gasteiger partial charge in [0, 0.05) is 16.8 Å². The molecule has 0 bridgehead atoms. The van der Waals surface area contributed by atoms with Gasteiger partial charge in [0.05, 0.1) is 12.8 Å². The lowest BCUT2D eigenvalue weighted by Crippen LogP contribution is -2.46. The minimum Gasteiger partial charge on any atom is -0.465 e. The van der Waals surface area contributed by atoms with Crippen LogP contribution in [-0.4, -0.2) is 25.0 Å². The van der Waals surface area contributed by atoms with Crippen molar-refractivity contribution < 1.29 is 14.3 Å². The quantitative estimate of drug-likeness (QED) is 0.461. The predicted molar refractivity (Wildman–Crippen MR) is 128 cm³/mol. The Bertz CT molecular complexity index is 813. The number of carbonyl (C=O) groups is 2. The summed E-state index contributed by atoms with van der Waals surface area (Å²) in [6.07, 6.45) is 16.7. The van der Waals surface area contributed by atoms with Gasteiger partial charge in [-0.2, -0.15) is 0 Å². The third-order valence-electron chi connectivity index (χ3n) is 7.49. The number of carbonyl (C=O) groups excluding carboxylic acids is 2. The van der Waals surface area contributed by atoms with Crippen LogP contribution < -0.4 is 4.90 Å². The molecule has 3 aliphatic carbocycles. The highest BCUT2D eigenvalue weighted by Gasteiger charge is 2.36. The summed E-state index contributed by atoms with van der Waals surface area (Å²) in [7, 11) is 1.45. The summed E-state index contributed by atoms with van der Waals surface area (Å²) in [5.41, 5.74) is 2.14. The van der Waals surface area contributed by atoms with Gasteiger partial charge in [0.2, 0.25) is 5.91 Å². The largest absolute Gasteiger partial charge is 0.465 e. The van der Waals surface area contributed by atoms with Gasteiger partial charge in [-0.3, -0.25) is 4.79 Å². The molecule has 1 amide bonds. The van der Waals surface area contributed by atoms with E-state index in [9.17, 15) is 9.59 Å². The standard InChI is InChI=1S/C26H37NO3S/c1-18-13-15-20(16-14-18)25(28)27(21-11-7-4-8-12-21)22-17-23(19-9-5-3-6-10-19)31-24(22)26(29)30-2/h9,17-18,20-21H,3-8,10-16H2,1-2H3. The summed E-state index contributed by atoms with van der Waals surface area (Å²) >= 11 is 1.52. The number of ether oxygens (including phenoxy) is 1.